The molecule has 0 aliphatic rings. The van der Waals surface area contributed by atoms with Gasteiger partial charge in [0.15, 0.2) is 0 Å². The third-order valence-corrected chi connectivity index (χ3v) is 4.96. The Morgan fingerprint density at radius 3 is 2.68 bits per heavy atom. The van der Waals surface area contributed by atoms with Crippen LogP contribution in [0.3, 0.4) is 0 Å². The average Bonchev–Trinajstić information content (AvgIpc) is 3.13. The van der Waals surface area contributed by atoms with Crippen LogP contribution in [0.5, 0.6) is 5.75 Å². The third-order valence-electron chi connectivity index (χ3n) is 3.59. The third kappa shape index (κ3) is 4.90. The van der Waals surface area contributed by atoms with Gasteiger partial charge in [0, 0.05) is 17.4 Å². The van der Waals surface area contributed by atoms with Gasteiger partial charge in [-0.2, -0.15) is 0 Å². The number of hydrogen-bond acceptors (Lipinski definition) is 4. The highest BCUT2D eigenvalue weighted by molar-refractivity contribution is 9.10. The molecule has 0 aliphatic carbocycles. The number of ether oxygens (including phenoxy) is 1. The highest BCUT2D eigenvalue weighted by Crippen LogP contribution is 2.24. The fraction of sp³-hybridized carbons (Fsp3) is 0.158. The topological polar surface area (TPSA) is 55.4 Å². The van der Waals surface area contributed by atoms with Crippen molar-refractivity contribution >= 4 is 49.9 Å². The Morgan fingerprint density at radius 2 is 1.88 bits per heavy atom. The summed E-state index contributed by atoms with van der Waals surface area (Å²) < 4.78 is 6.38. The summed E-state index contributed by atoms with van der Waals surface area (Å²) in [4.78, 5) is 24.4. The Labute approximate surface area is 157 Å². The molecule has 1 N–H and O–H groups in total. The summed E-state index contributed by atoms with van der Waals surface area (Å²) >= 11 is 4.83. The average molecular weight is 418 g/mol. The van der Waals surface area contributed by atoms with E-state index < -0.39 is 0 Å². The Morgan fingerprint density at radius 1 is 1.08 bits per heavy atom. The van der Waals surface area contributed by atoms with Crippen LogP contribution < -0.4 is 10.1 Å². The SMILES string of the molecule is O=C(CCCNC(=O)c1cccs1)Oc1ccc2cc(Br)ccc2c1. The van der Waals surface area contributed by atoms with Gasteiger partial charge in [-0.15, -0.1) is 11.3 Å². The van der Waals surface area contributed by atoms with Crippen LogP contribution in [0.2, 0.25) is 0 Å². The van der Waals surface area contributed by atoms with E-state index >= 15 is 0 Å². The minimum Gasteiger partial charge on any atom is -0.427 e. The number of nitrogens with one attached hydrogen (secondary N) is 1. The van der Waals surface area contributed by atoms with Crippen LogP contribution in [0.4, 0.5) is 0 Å². The van der Waals surface area contributed by atoms with E-state index in [9.17, 15) is 9.59 Å². The molecule has 0 fully saturated rings. The molecule has 1 heterocycles. The van der Waals surface area contributed by atoms with Gasteiger partial charge >= 0.3 is 5.97 Å². The van der Waals surface area contributed by atoms with Crippen molar-refractivity contribution in [2.45, 2.75) is 12.8 Å². The second-order valence-corrected chi connectivity index (χ2v) is 7.33. The zero-order valence-corrected chi connectivity index (χ0v) is 15.7. The van der Waals surface area contributed by atoms with E-state index in [0.29, 0.717) is 23.6 Å². The quantitative estimate of drug-likeness (QED) is 0.356. The predicted octanol–water partition coefficient (Wildman–Crippen LogP) is 4.78. The lowest BCUT2D eigenvalue weighted by atomic mass is 10.1. The van der Waals surface area contributed by atoms with Gasteiger partial charge in [0.05, 0.1) is 4.88 Å². The van der Waals surface area contributed by atoms with E-state index in [1.807, 2.05) is 41.8 Å². The molecule has 0 bridgehead atoms. The second kappa shape index (κ2) is 8.27. The van der Waals surface area contributed by atoms with Crippen molar-refractivity contribution in [1.29, 1.82) is 0 Å². The molecule has 2 aromatic carbocycles. The van der Waals surface area contributed by atoms with Gasteiger partial charge in [0.2, 0.25) is 0 Å². The van der Waals surface area contributed by atoms with Crippen LogP contribution in [0.1, 0.15) is 22.5 Å². The van der Waals surface area contributed by atoms with Crippen LogP contribution in [0.25, 0.3) is 10.8 Å². The Kier molecular flexibility index (Phi) is 5.83. The Hall–Kier alpha value is -2.18. The van der Waals surface area contributed by atoms with E-state index in [-0.39, 0.29) is 18.3 Å². The van der Waals surface area contributed by atoms with Gasteiger partial charge in [-0.25, -0.2) is 0 Å². The first kappa shape index (κ1) is 17.6. The lowest BCUT2D eigenvalue weighted by Crippen LogP contribution is -2.24. The molecule has 25 heavy (non-hydrogen) atoms. The van der Waals surface area contributed by atoms with Gasteiger partial charge in [0.25, 0.3) is 5.91 Å². The molecule has 128 valence electrons. The van der Waals surface area contributed by atoms with E-state index in [0.717, 1.165) is 15.2 Å². The molecule has 1 aromatic heterocycles. The van der Waals surface area contributed by atoms with Gasteiger partial charge in [-0.1, -0.05) is 34.1 Å². The summed E-state index contributed by atoms with van der Waals surface area (Å²) in [6.45, 7) is 0.442. The van der Waals surface area contributed by atoms with Gasteiger partial charge in [0.1, 0.15) is 5.75 Å². The molecule has 4 nitrogen and oxygen atoms in total. The number of carbonyl (C=O) groups excluding carboxylic acids is 2. The second-order valence-electron chi connectivity index (χ2n) is 5.46. The molecule has 0 aliphatic heterocycles. The van der Waals surface area contributed by atoms with E-state index in [4.69, 9.17) is 4.74 Å². The Balaban J connectivity index is 1.46. The number of fused-ring (bicyclic) bond motifs is 1. The first-order valence-corrected chi connectivity index (χ1v) is 9.51. The summed E-state index contributed by atoms with van der Waals surface area (Å²) in [7, 11) is 0. The van der Waals surface area contributed by atoms with Gasteiger partial charge in [-0.3, -0.25) is 9.59 Å². The van der Waals surface area contributed by atoms with Crippen molar-refractivity contribution in [3.63, 3.8) is 0 Å². The molecular formula is C19H16BrNO3S. The molecule has 3 rings (SSSR count). The predicted molar refractivity (Wildman–Crippen MR) is 103 cm³/mol. The summed E-state index contributed by atoms with van der Waals surface area (Å²) in [5.41, 5.74) is 0. The maximum Gasteiger partial charge on any atom is 0.311 e. The first-order chi connectivity index (χ1) is 12.1. The smallest absolute Gasteiger partial charge is 0.311 e. The minimum atomic E-state index is -0.304. The fourth-order valence-electron chi connectivity index (χ4n) is 2.37. The maximum absolute atomic E-state index is 11.9. The molecule has 0 saturated heterocycles. The van der Waals surface area contributed by atoms with E-state index in [1.165, 1.54) is 11.3 Å². The molecule has 0 atom stereocenters. The Bertz CT molecular complexity index is 893. The van der Waals surface area contributed by atoms with Crippen LogP contribution in [0.15, 0.2) is 58.4 Å². The number of hydrogen-bond donors (Lipinski definition) is 1. The molecule has 3 aromatic rings. The lowest BCUT2D eigenvalue weighted by molar-refractivity contribution is -0.134. The molecule has 0 radical (unpaired) electrons. The number of thiophene rings is 1. The van der Waals surface area contributed by atoms with Crippen molar-refractivity contribution in [2.75, 3.05) is 6.54 Å². The molecule has 6 heteroatoms. The van der Waals surface area contributed by atoms with Crippen molar-refractivity contribution < 1.29 is 14.3 Å². The van der Waals surface area contributed by atoms with E-state index in [2.05, 4.69) is 21.2 Å². The normalized spacial score (nSPS) is 10.6. The number of benzene rings is 2. The first-order valence-electron chi connectivity index (χ1n) is 7.83. The van der Waals surface area contributed by atoms with Gasteiger partial charge < -0.3 is 10.1 Å². The zero-order valence-electron chi connectivity index (χ0n) is 13.3. The van der Waals surface area contributed by atoms with Crippen LogP contribution in [-0.2, 0) is 4.79 Å². The number of esters is 1. The molecule has 0 spiro atoms. The van der Waals surface area contributed by atoms with Crippen LogP contribution in [-0.4, -0.2) is 18.4 Å². The number of amides is 1. The number of carbonyl (C=O) groups is 2. The van der Waals surface area contributed by atoms with Crippen molar-refractivity contribution in [2.24, 2.45) is 0 Å². The van der Waals surface area contributed by atoms with Crippen molar-refractivity contribution in [3.8, 4) is 5.75 Å². The highest BCUT2D eigenvalue weighted by Gasteiger charge is 2.08. The largest absolute Gasteiger partial charge is 0.427 e. The molecule has 0 unspecified atom stereocenters. The number of rotatable bonds is 6. The van der Waals surface area contributed by atoms with E-state index in [1.54, 1.807) is 12.1 Å². The highest BCUT2D eigenvalue weighted by atomic mass is 79.9. The fourth-order valence-corrected chi connectivity index (χ4v) is 3.39. The standard InChI is InChI=1S/C19H16BrNO3S/c20-15-7-5-14-12-16(8-6-13(14)11-15)24-18(22)4-1-9-21-19(23)17-3-2-10-25-17/h2-3,5-8,10-12H,1,4,9H2,(H,21,23). The summed E-state index contributed by atoms with van der Waals surface area (Å²) in [5, 5.41) is 6.73. The zero-order chi connectivity index (χ0) is 17.6. The molecule has 1 amide bonds. The molecule has 0 saturated carbocycles. The van der Waals surface area contributed by atoms with Crippen molar-refractivity contribution in [3.05, 3.63) is 63.3 Å². The monoisotopic (exact) mass is 417 g/mol. The van der Waals surface area contributed by atoms with Crippen molar-refractivity contribution in [1.82, 2.24) is 5.32 Å². The molecular weight excluding hydrogens is 402 g/mol. The number of halogens is 1. The van der Waals surface area contributed by atoms with Crippen LogP contribution >= 0.6 is 27.3 Å². The van der Waals surface area contributed by atoms with Gasteiger partial charge in [-0.05, 0) is 52.9 Å². The van der Waals surface area contributed by atoms with Crippen LogP contribution in [0, 0.1) is 0 Å². The minimum absolute atomic E-state index is 0.107. The summed E-state index contributed by atoms with van der Waals surface area (Å²) in [6.07, 6.45) is 0.791. The lowest BCUT2D eigenvalue weighted by Gasteiger charge is -2.07. The summed E-state index contributed by atoms with van der Waals surface area (Å²) in [6, 6.07) is 15.1. The summed E-state index contributed by atoms with van der Waals surface area (Å²) in [5.74, 6) is 0.119. The maximum atomic E-state index is 11.9.